The molecule has 0 saturated heterocycles. The van der Waals surface area contributed by atoms with Crippen molar-refractivity contribution < 1.29 is 4.74 Å². The van der Waals surface area contributed by atoms with Gasteiger partial charge in [-0.05, 0) is 0 Å². The van der Waals surface area contributed by atoms with Crippen LogP contribution in [0.1, 0.15) is 0 Å². The van der Waals surface area contributed by atoms with Crippen molar-refractivity contribution in [3.63, 3.8) is 0 Å². The Labute approximate surface area is 99.6 Å². The first-order chi connectivity index (χ1) is 7.72. The molecule has 1 rings (SSSR count). The molecule has 0 saturated carbocycles. The molecule has 1 aromatic heterocycles. The van der Waals surface area contributed by atoms with E-state index in [9.17, 15) is 0 Å². The van der Waals surface area contributed by atoms with Gasteiger partial charge in [0.1, 0.15) is 5.02 Å². The smallest absolute Gasteiger partial charge is 0.318 e. The maximum absolute atomic E-state index is 6.02. The van der Waals surface area contributed by atoms with Crippen LogP contribution >= 0.6 is 11.6 Å². The second-order valence-electron chi connectivity index (χ2n) is 3.09. The summed E-state index contributed by atoms with van der Waals surface area (Å²) in [5.74, 6) is 0.601. The zero-order valence-corrected chi connectivity index (χ0v) is 9.94. The Hall–Kier alpha value is -1.11. The lowest BCUT2D eigenvalue weighted by Gasteiger charge is -2.23. The first kappa shape index (κ1) is 13.0. The SMILES string of the molecule is COc1ncc(Cl)c(N(CCN)CCN)n1. The lowest BCUT2D eigenvalue weighted by molar-refractivity contribution is 0.379. The van der Waals surface area contributed by atoms with Gasteiger partial charge in [0.05, 0.1) is 13.3 Å². The number of hydrogen-bond donors (Lipinski definition) is 2. The molecule has 0 atom stereocenters. The first-order valence-electron chi connectivity index (χ1n) is 4.94. The molecule has 6 nitrogen and oxygen atoms in total. The van der Waals surface area contributed by atoms with Gasteiger partial charge in [-0.15, -0.1) is 0 Å². The van der Waals surface area contributed by atoms with E-state index in [0.29, 0.717) is 37.0 Å². The Morgan fingerprint density at radius 3 is 2.50 bits per heavy atom. The van der Waals surface area contributed by atoms with Crippen LogP contribution in [0.5, 0.6) is 6.01 Å². The van der Waals surface area contributed by atoms with Crippen LogP contribution in [-0.4, -0.2) is 43.3 Å². The predicted octanol–water partition coefficient (Wildman–Crippen LogP) is -0.138. The third-order valence-corrected chi connectivity index (χ3v) is 2.25. The van der Waals surface area contributed by atoms with Gasteiger partial charge >= 0.3 is 6.01 Å². The number of ether oxygens (including phenoxy) is 1. The molecular formula is C9H16ClN5O. The highest BCUT2D eigenvalue weighted by Crippen LogP contribution is 2.23. The van der Waals surface area contributed by atoms with Crippen LogP contribution in [-0.2, 0) is 0 Å². The minimum absolute atomic E-state index is 0.276. The minimum atomic E-state index is 0.276. The molecule has 0 aliphatic heterocycles. The van der Waals surface area contributed by atoms with Crippen molar-refractivity contribution in [2.24, 2.45) is 11.5 Å². The Balaban J connectivity index is 2.96. The fourth-order valence-corrected chi connectivity index (χ4v) is 1.51. The van der Waals surface area contributed by atoms with Gasteiger partial charge in [0.15, 0.2) is 5.82 Å². The van der Waals surface area contributed by atoms with Gasteiger partial charge in [0, 0.05) is 26.2 Å². The van der Waals surface area contributed by atoms with Gasteiger partial charge in [-0.25, -0.2) is 4.98 Å². The van der Waals surface area contributed by atoms with Crippen molar-refractivity contribution >= 4 is 17.4 Å². The van der Waals surface area contributed by atoms with Crippen LogP contribution in [0.4, 0.5) is 5.82 Å². The molecule has 1 heterocycles. The van der Waals surface area contributed by atoms with Crippen molar-refractivity contribution in [1.29, 1.82) is 0 Å². The summed E-state index contributed by atoms with van der Waals surface area (Å²) in [5, 5.41) is 0.461. The van der Waals surface area contributed by atoms with E-state index in [1.54, 1.807) is 0 Å². The molecule has 0 amide bonds. The number of methoxy groups -OCH3 is 1. The van der Waals surface area contributed by atoms with Crippen LogP contribution < -0.4 is 21.1 Å². The molecule has 0 aliphatic rings. The van der Waals surface area contributed by atoms with Gasteiger partial charge < -0.3 is 21.1 Å². The van der Waals surface area contributed by atoms with Crippen molar-refractivity contribution in [2.75, 3.05) is 38.2 Å². The topological polar surface area (TPSA) is 90.3 Å². The molecule has 7 heteroatoms. The number of nitrogens with two attached hydrogens (primary N) is 2. The van der Waals surface area contributed by atoms with Crippen LogP contribution in [0.25, 0.3) is 0 Å². The van der Waals surface area contributed by atoms with Crippen molar-refractivity contribution in [2.45, 2.75) is 0 Å². The van der Waals surface area contributed by atoms with E-state index in [0.717, 1.165) is 0 Å². The molecule has 0 fully saturated rings. The van der Waals surface area contributed by atoms with E-state index in [-0.39, 0.29) is 6.01 Å². The average molecular weight is 246 g/mol. The van der Waals surface area contributed by atoms with E-state index >= 15 is 0 Å². The van der Waals surface area contributed by atoms with E-state index < -0.39 is 0 Å². The largest absolute Gasteiger partial charge is 0.467 e. The van der Waals surface area contributed by atoms with Gasteiger partial charge in [-0.3, -0.25) is 0 Å². The molecule has 0 bridgehead atoms. The third kappa shape index (κ3) is 3.19. The lowest BCUT2D eigenvalue weighted by Crippen LogP contribution is -2.34. The zero-order valence-electron chi connectivity index (χ0n) is 9.19. The van der Waals surface area contributed by atoms with Crippen molar-refractivity contribution in [3.8, 4) is 6.01 Å². The Bertz CT molecular complexity index is 330. The molecule has 0 spiro atoms. The van der Waals surface area contributed by atoms with E-state index in [1.807, 2.05) is 4.90 Å². The third-order valence-electron chi connectivity index (χ3n) is 1.98. The molecule has 0 radical (unpaired) electrons. The van der Waals surface area contributed by atoms with Crippen molar-refractivity contribution in [3.05, 3.63) is 11.2 Å². The number of aromatic nitrogens is 2. The van der Waals surface area contributed by atoms with Gasteiger partial charge in [-0.2, -0.15) is 4.98 Å². The van der Waals surface area contributed by atoms with Gasteiger partial charge in [0.25, 0.3) is 0 Å². The summed E-state index contributed by atoms with van der Waals surface area (Å²) < 4.78 is 4.95. The van der Waals surface area contributed by atoms with E-state index in [1.165, 1.54) is 13.3 Å². The highest BCUT2D eigenvalue weighted by Gasteiger charge is 2.12. The highest BCUT2D eigenvalue weighted by molar-refractivity contribution is 6.32. The second kappa shape index (κ2) is 6.47. The Morgan fingerprint density at radius 1 is 1.38 bits per heavy atom. The number of rotatable bonds is 6. The number of halogens is 1. The summed E-state index contributed by atoms with van der Waals surface area (Å²) >= 11 is 6.02. The molecule has 1 aromatic rings. The monoisotopic (exact) mass is 245 g/mol. The second-order valence-corrected chi connectivity index (χ2v) is 3.50. The van der Waals surface area contributed by atoms with Gasteiger partial charge in [-0.1, -0.05) is 11.6 Å². The van der Waals surface area contributed by atoms with Crippen LogP contribution in [0.2, 0.25) is 5.02 Å². The van der Waals surface area contributed by atoms with Crippen molar-refractivity contribution in [1.82, 2.24) is 9.97 Å². The first-order valence-corrected chi connectivity index (χ1v) is 5.32. The van der Waals surface area contributed by atoms with Crippen LogP contribution in [0.15, 0.2) is 6.20 Å². The van der Waals surface area contributed by atoms with Crippen LogP contribution in [0.3, 0.4) is 0 Å². The fraction of sp³-hybridized carbons (Fsp3) is 0.556. The molecule has 16 heavy (non-hydrogen) atoms. The Morgan fingerprint density at radius 2 is 2.00 bits per heavy atom. The normalized spacial score (nSPS) is 10.2. The van der Waals surface area contributed by atoms with Gasteiger partial charge in [0.2, 0.25) is 0 Å². The molecular weight excluding hydrogens is 230 g/mol. The van der Waals surface area contributed by atoms with Crippen LogP contribution in [0, 0.1) is 0 Å². The summed E-state index contributed by atoms with van der Waals surface area (Å²) in [6, 6.07) is 0.276. The average Bonchev–Trinajstić information content (AvgIpc) is 2.29. The molecule has 0 aliphatic carbocycles. The predicted molar refractivity (Wildman–Crippen MR) is 63.9 cm³/mol. The summed E-state index contributed by atoms with van der Waals surface area (Å²) in [7, 11) is 1.50. The minimum Gasteiger partial charge on any atom is -0.467 e. The maximum Gasteiger partial charge on any atom is 0.318 e. The molecule has 4 N–H and O–H groups in total. The summed E-state index contributed by atoms with van der Waals surface area (Å²) in [4.78, 5) is 9.99. The van der Waals surface area contributed by atoms with E-state index in [4.69, 9.17) is 27.8 Å². The maximum atomic E-state index is 6.02. The molecule has 0 unspecified atom stereocenters. The molecule has 90 valence electrons. The Kier molecular flexibility index (Phi) is 5.24. The lowest BCUT2D eigenvalue weighted by atomic mass is 10.4. The molecule has 0 aromatic carbocycles. The number of hydrogen-bond acceptors (Lipinski definition) is 6. The summed E-state index contributed by atoms with van der Waals surface area (Å²) in [6.07, 6.45) is 1.50. The quantitative estimate of drug-likeness (QED) is 0.725. The standard InChI is InChI=1S/C9H16ClN5O/c1-16-9-13-6-7(10)8(14-9)15(4-2-11)5-3-12/h6H,2-5,11-12H2,1H3. The highest BCUT2D eigenvalue weighted by atomic mass is 35.5. The number of nitrogens with zero attached hydrogens (tertiary/aromatic N) is 3. The summed E-state index contributed by atoms with van der Waals surface area (Å²) in [6.45, 7) is 2.28. The zero-order chi connectivity index (χ0) is 12.0. The van der Waals surface area contributed by atoms with E-state index in [2.05, 4.69) is 9.97 Å². The summed E-state index contributed by atoms with van der Waals surface area (Å²) in [5.41, 5.74) is 11.0. The number of anilines is 1. The fourth-order valence-electron chi connectivity index (χ4n) is 1.30.